The van der Waals surface area contributed by atoms with Gasteiger partial charge in [-0.1, -0.05) is 49.4 Å². The molecule has 2 nitrogen and oxygen atoms in total. The van der Waals surface area contributed by atoms with Gasteiger partial charge in [0.1, 0.15) is 12.4 Å². The number of epoxide rings is 1. The van der Waals surface area contributed by atoms with E-state index in [-0.39, 0.29) is 0 Å². The Bertz CT molecular complexity index is 548. The molecule has 1 fully saturated rings. The first-order chi connectivity index (χ1) is 10.3. The van der Waals surface area contributed by atoms with E-state index in [9.17, 15) is 0 Å². The summed E-state index contributed by atoms with van der Waals surface area (Å²) in [5.41, 5.74) is 2.55. The summed E-state index contributed by atoms with van der Waals surface area (Å²) < 4.78 is 11.4. The van der Waals surface area contributed by atoms with Gasteiger partial charge in [0.05, 0.1) is 12.2 Å². The van der Waals surface area contributed by atoms with Crippen molar-refractivity contribution in [3.63, 3.8) is 0 Å². The van der Waals surface area contributed by atoms with Crippen LogP contribution < -0.4 is 4.74 Å². The molecule has 0 N–H and O–H groups in total. The second-order valence-electron chi connectivity index (χ2n) is 5.58. The number of rotatable bonds is 7. The second-order valence-corrected chi connectivity index (χ2v) is 5.58. The number of ether oxygens (including phenoxy) is 2. The van der Waals surface area contributed by atoms with Crippen LogP contribution in [0.15, 0.2) is 54.6 Å². The van der Waals surface area contributed by atoms with E-state index < -0.39 is 0 Å². The van der Waals surface area contributed by atoms with Crippen molar-refractivity contribution >= 4 is 0 Å². The molecule has 2 heteroatoms. The molecule has 0 aromatic heterocycles. The van der Waals surface area contributed by atoms with Gasteiger partial charge < -0.3 is 9.47 Å². The van der Waals surface area contributed by atoms with Crippen molar-refractivity contribution < 1.29 is 9.47 Å². The zero-order valence-corrected chi connectivity index (χ0v) is 12.5. The topological polar surface area (TPSA) is 21.8 Å². The maximum Gasteiger partial charge on any atom is 0.119 e. The van der Waals surface area contributed by atoms with Gasteiger partial charge in [0.25, 0.3) is 0 Å². The van der Waals surface area contributed by atoms with Crippen molar-refractivity contribution in [2.45, 2.75) is 45.0 Å². The van der Waals surface area contributed by atoms with Crippen molar-refractivity contribution in [2.24, 2.45) is 0 Å². The van der Waals surface area contributed by atoms with E-state index in [0.29, 0.717) is 18.8 Å². The summed E-state index contributed by atoms with van der Waals surface area (Å²) in [6.45, 7) is 2.80. The van der Waals surface area contributed by atoms with Gasteiger partial charge >= 0.3 is 0 Å². The van der Waals surface area contributed by atoms with Crippen LogP contribution in [-0.4, -0.2) is 12.2 Å². The molecule has 1 aliphatic rings. The van der Waals surface area contributed by atoms with Gasteiger partial charge in [-0.3, -0.25) is 0 Å². The Kier molecular flexibility index (Phi) is 4.56. The van der Waals surface area contributed by atoms with Crippen molar-refractivity contribution in [1.82, 2.24) is 0 Å². The SMILES string of the molecule is CCC1OC1CCc1ccc(OCc2ccccc2)cc1. The van der Waals surface area contributed by atoms with E-state index in [1.54, 1.807) is 0 Å². The summed E-state index contributed by atoms with van der Waals surface area (Å²) in [5.74, 6) is 0.928. The van der Waals surface area contributed by atoms with E-state index in [1.165, 1.54) is 11.1 Å². The van der Waals surface area contributed by atoms with Gasteiger partial charge in [0, 0.05) is 0 Å². The smallest absolute Gasteiger partial charge is 0.119 e. The highest BCUT2D eigenvalue weighted by Gasteiger charge is 2.35. The zero-order valence-electron chi connectivity index (χ0n) is 12.5. The molecule has 2 aromatic carbocycles. The van der Waals surface area contributed by atoms with Crippen LogP contribution in [0.5, 0.6) is 5.75 Å². The number of hydrogen-bond acceptors (Lipinski definition) is 2. The Hall–Kier alpha value is -1.80. The van der Waals surface area contributed by atoms with Crippen molar-refractivity contribution in [2.75, 3.05) is 0 Å². The zero-order chi connectivity index (χ0) is 14.5. The Morgan fingerprint density at radius 2 is 1.67 bits per heavy atom. The first-order valence-corrected chi connectivity index (χ1v) is 7.76. The normalized spacial score (nSPS) is 20.2. The molecule has 0 saturated carbocycles. The molecule has 110 valence electrons. The van der Waals surface area contributed by atoms with Gasteiger partial charge in [-0.2, -0.15) is 0 Å². The Labute approximate surface area is 126 Å². The van der Waals surface area contributed by atoms with E-state index in [0.717, 1.165) is 25.0 Å². The molecule has 0 radical (unpaired) electrons. The Morgan fingerprint density at radius 3 is 2.33 bits per heavy atom. The molecule has 0 aliphatic carbocycles. The molecule has 0 spiro atoms. The molecule has 1 heterocycles. The monoisotopic (exact) mass is 282 g/mol. The van der Waals surface area contributed by atoms with Crippen LogP contribution in [0.1, 0.15) is 30.9 Å². The fraction of sp³-hybridized carbons (Fsp3) is 0.368. The molecule has 1 aliphatic heterocycles. The fourth-order valence-electron chi connectivity index (χ4n) is 2.59. The summed E-state index contributed by atoms with van der Waals surface area (Å²) in [6.07, 6.45) is 4.35. The number of benzene rings is 2. The van der Waals surface area contributed by atoms with Gasteiger partial charge in [-0.15, -0.1) is 0 Å². The lowest BCUT2D eigenvalue weighted by Crippen LogP contribution is -1.97. The van der Waals surface area contributed by atoms with Crippen LogP contribution in [0.25, 0.3) is 0 Å². The Morgan fingerprint density at radius 1 is 0.905 bits per heavy atom. The molecule has 1 saturated heterocycles. The third kappa shape index (κ3) is 4.08. The molecular formula is C19H22O2. The highest BCUT2D eigenvalue weighted by atomic mass is 16.6. The standard InChI is InChI=1S/C19H22O2/c1-2-18-19(21-18)13-10-15-8-11-17(12-9-15)20-14-16-6-4-3-5-7-16/h3-9,11-12,18-19H,2,10,13-14H2,1H3. The van der Waals surface area contributed by atoms with Gasteiger partial charge in [-0.25, -0.2) is 0 Å². The van der Waals surface area contributed by atoms with Crippen LogP contribution in [0.3, 0.4) is 0 Å². The average Bonchev–Trinajstić information content (AvgIpc) is 3.32. The molecule has 3 rings (SSSR count). The summed E-state index contributed by atoms with van der Waals surface area (Å²) in [4.78, 5) is 0. The first kappa shape index (κ1) is 14.2. The molecule has 2 aromatic rings. The van der Waals surface area contributed by atoms with Crippen molar-refractivity contribution in [3.8, 4) is 5.75 Å². The van der Waals surface area contributed by atoms with Gasteiger partial charge in [0.2, 0.25) is 0 Å². The quantitative estimate of drug-likeness (QED) is 0.703. The molecule has 2 atom stereocenters. The van der Waals surface area contributed by atoms with E-state index >= 15 is 0 Å². The van der Waals surface area contributed by atoms with Crippen LogP contribution in [-0.2, 0) is 17.8 Å². The predicted octanol–water partition coefficient (Wildman–Crippen LogP) is 4.38. The predicted molar refractivity (Wildman–Crippen MR) is 84.5 cm³/mol. The van der Waals surface area contributed by atoms with E-state index in [1.807, 2.05) is 18.2 Å². The van der Waals surface area contributed by atoms with Crippen molar-refractivity contribution in [3.05, 3.63) is 65.7 Å². The number of hydrogen-bond donors (Lipinski definition) is 0. The number of aryl methyl sites for hydroxylation is 1. The minimum atomic E-state index is 0.490. The van der Waals surface area contributed by atoms with Gasteiger partial charge in [0.15, 0.2) is 0 Å². The molecule has 21 heavy (non-hydrogen) atoms. The molecule has 0 amide bonds. The maximum absolute atomic E-state index is 5.79. The summed E-state index contributed by atoms with van der Waals surface area (Å²) in [5, 5.41) is 0. The minimum absolute atomic E-state index is 0.490. The lowest BCUT2D eigenvalue weighted by molar-refractivity contribution is 0.306. The summed E-state index contributed by atoms with van der Waals surface area (Å²) in [7, 11) is 0. The molecule has 0 bridgehead atoms. The Balaban J connectivity index is 1.45. The lowest BCUT2D eigenvalue weighted by Gasteiger charge is -2.07. The van der Waals surface area contributed by atoms with E-state index in [2.05, 4.69) is 43.3 Å². The van der Waals surface area contributed by atoms with Crippen molar-refractivity contribution in [1.29, 1.82) is 0 Å². The third-order valence-corrected chi connectivity index (χ3v) is 3.98. The second kappa shape index (κ2) is 6.77. The largest absolute Gasteiger partial charge is 0.489 e. The maximum atomic E-state index is 5.79. The van der Waals surface area contributed by atoms with Crippen LogP contribution in [0.4, 0.5) is 0 Å². The van der Waals surface area contributed by atoms with Crippen LogP contribution in [0.2, 0.25) is 0 Å². The van der Waals surface area contributed by atoms with Gasteiger partial charge in [-0.05, 0) is 42.5 Å². The highest BCUT2D eigenvalue weighted by molar-refractivity contribution is 5.28. The van der Waals surface area contributed by atoms with Crippen LogP contribution in [0, 0.1) is 0 Å². The van der Waals surface area contributed by atoms with Crippen LogP contribution >= 0.6 is 0 Å². The first-order valence-electron chi connectivity index (χ1n) is 7.76. The lowest BCUT2D eigenvalue weighted by atomic mass is 10.1. The third-order valence-electron chi connectivity index (χ3n) is 3.98. The summed E-state index contributed by atoms with van der Waals surface area (Å²) in [6, 6.07) is 18.7. The summed E-state index contributed by atoms with van der Waals surface area (Å²) >= 11 is 0. The minimum Gasteiger partial charge on any atom is -0.489 e. The highest BCUT2D eigenvalue weighted by Crippen LogP contribution is 2.29. The fourth-order valence-corrected chi connectivity index (χ4v) is 2.59. The molecule has 2 unspecified atom stereocenters. The molecular weight excluding hydrogens is 260 g/mol. The average molecular weight is 282 g/mol. The van der Waals surface area contributed by atoms with E-state index in [4.69, 9.17) is 9.47 Å².